The Morgan fingerprint density at radius 3 is 2.90 bits per heavy atom. The Bertz CT molecular complexity index is 1120. The van der Waals surface area contributed by atoms with E-state index in [0.29, 0.717) is 25.3 Å². The van der Waals surface area contributed by atoms with Crippen LogP contribution in [-0.4, -0.2) is 42.0 Å². The van der Waals surface area contributed by atoms with Crippen molar-refractivity contribution in [2.75, 3.05) is 6.54 Å². The average molecular weight is 393 g/mol. The van der Waals surface area contributed by atoms with E-state index >= 15 is 0 Å². The highest BCUT2D eigenvalue weighted by Gasteiger charge is 2.31. The van der Waals surface area contributed by atoms with E-state index < -0.39 is 0 Å². The summed E-state index contributed by atoms with van der Waals surface area (Å²) in [5.41, 5.74) is 3.83. The number of aromatic amines is 1. The highest BCUT2D eigenvalue weighted by Crippen LogP contribution is 2.33. The Kier molecular flexibility index (Phi) is 4.92. The second-order valence-electron chi connectivity index (χ2n) is 7.41. The highest BCUT2D eigenvalue weighted by molar-refractivity contribution is 5.76. The number of phenolic OH excluding ortho intramolecular Hbond substituents is 1. The Balaban J connectivity index is 1.53. The van der Waals surface area contributed by atoms with E-state index in [2.05, 4.69) is 15.0 Å². The van der Waals surface area contributed by atoms with E-state index in [4.69, 9.17) is 0 Å². The van der Waals surface area contributed by atoms with Gasteiger partial charge in [0.2, 0.25) is 5.91 Å². The zero-order chi connectivity index (χ0) is 20.5. The Labute approximate surface area is 167 Å². The third-order valence-electron chi connectivity index (χ3n) is 5.35. The molecule has 0 saturated carbocycles. The van der Waals surface area contributed by atoms with Gasteiger partial charge in [0.1, 0.15) is 5.75 Å². The van der Waals surface area contributed by atoms with Gasteiger partial charge >= 0.3 is 5.69 Å². The number of aromatic hydroxyl groups is 1. The number of hydrogen-bond donors (Lipinski definition) is 2. The summed E-state index contributed by atoms with van der Waals surface area (Å²) in [6.45, 7) is 4.83. The number of fused-ring (bicyclic) bond motifs is 1. The van der Waals surface area contributed by atoms with Crippen LogP contribution < -0.4 is 5.69 Å². The third-order valence-corrected chi connectivity index (χ3v) is 5.35. The molecule has 1 amide bonds. The van der Waals surface area contributed by atoms with Gasteiger partial charge in [-0.25, -0.2) is 9.78 Å². The van der Waals surface area contributed by atoms with Crippen molar-refractivity contribution >= 4 is 5.91 Å². The molecule has 1 atom stereocenters. The summed E-state index contributed by atoms with van der Waals surface area (Å²) < 4.78 is 1.53. The van der Waals surface area contributed by atoms with Crippen molar-refractivity contribution in [3.05, 3.63) is 75.5 Å². The summed E-state index contributed by atoms with van der Waals surface area (Å²) in [5, 5.41) is 9.85. The first-order chi connectivity index (χ1) is 13.9. The number of hydrogen-bond acceptors (Lipinski definition) is 5. The molecule has 0 bridgehead atoms. The molecule has 2 aromatic heterocycles. The van der Waals surface area contributed by atoms with E-state index in [1.807, 2.05) is 19.1 Å². The molecule has 8 heteroatoms. The normalized spacial score (nSPS) is 15.9. The van der Waals surface area contributed by atoms with Gasteiger partial charge < -0.3 is 15.0 Å². The molecular formula is C21H23N5O3. The fourth-order valence-corrected chi connectivity index (χ4v) is 3.93. The number of carbonyl (C=O) groups is 1. The Hall–Kier alpha value is -3.42. The van der Waals surface area contributed by atoms with Crippen molar-refractivity contribution in [2.45, 2.75) is 39.3 Å². The lowest BCUT2D eigenvalue weighted by Crippen LogP contribution is -2.39. The Morgan fingerprint density at radius 1 is 1.31 bits per heavy atom. The molecule has 3 aromatic rings. The van der Waals surface area contributed by atoms with E-state index in [-0.39, 0.29) is 29.7 Å². The van der Waals surface area contributed by atoms with E-state index in [1.165, 1.54) is 4.57 Å². The quantitative estimate of drug-likeness (QED) is 0.704. The highest BCUT2D eigenvalue weighted by atomic mass is 16.3. The molecule has 0 fully saturated rings. The van der Waals surface area contributed by atoms with Crippen LogP contribution in [0.5, 0.6) is 5.75 Å². The number of benzene rings is 1. The molecule has 4 rings (SSSR count). The summed E-state index contributed by atoms with van der Waals surface area (Å²) >= 11 is 0. The van der Waals surface area contributed by atoms with Crippen molar-refractivity contribution in [1.82, 2.24) is 24.4 Å². The lowest BCUT2D eigenvalue weighted by Gasteiger charge is -2.32. The maximum Gasteiger partial charge on any atom is 0.347 e. The topological polar surface area (TPSA) is 104 Å². The fraction of sp³-hybridized carbons (Fsp3) is 0.333. The third kappa shape index (κ3) is 3.78. The number of rotatable bonds is 4. The molecule has 8 nitrogen and oxygen atoms in total. The monoisotopic (exact) mass is 393 g/mol. The van der Waals surface area contributed by atoms with Crippen LogP contribution in [0.3, 0.4) is 0 Å². The van der Waals surface area contributed by atoms with Crippen LogP contribution in [0.4, 0.5) is 0 Å². The van der Waals surface area contributed by atoms with Crippen LogP contribution in [0.1, 0.15) is 40.7 Å². The molecule has 3 heterocycles. The predicted octanol–water partition coefficient (Wildman–Crippen LogP) is 1.85. The van der Waals surface area contributed by atoms with Gasteiger partial charge in [-0.05, 0) is 37.6 Å². The Morgan fingerprint density at radius 2 is 2.14 bits per heavy atom. The lowest BCUT2D eigenvalue weighted by molar-refractivity contribution is -0.132. The molecule has 0 spiro atoms. The molecular weight excluding hydrogens is 370 g/mol. The zero-order valence-electron chi connectivity index (χ0n) is 16.4. The van der Waals surface area contributed by atoms with Gasteiger partial charge in [0.05, 0.1) is 24.3 Å². The van der Waals surface area contributed by atoms with Gasteiger partial charge in [-0.1, -0.05) is 12.1 Å². The lowest BCUT2D eigenvalue weighted by atomic mass is 9.90. The zero-order valence-corrected chi connectivity index (χ0v) is 16.4. The van der Waals surface area contributed by atoms with Gasteiger partial charge in [0.15, 0.2) is 0 Å². The molecule has 1 aliphatic heterocycles. The van der Waals surface area contributed by atoms with Crippen LogP contribution in [-0.2, 0) is 17.9 Å². The first-order valence-corrected chi connectivity index (χ1v) is 9.56. The molecule has 2 N–H and O–H groups in total. The summed E-state index contributed by atoms with van der Waals surface area (Å²) in [7, 11) is 0. The fourth-order valence-electron chi connectivity index (χ4n) is 3.93. The van der Waals surface area contributed by atoms with Gasteiger partial charge in [0.25, 0.3) is 0 Å². The second kappa shape index (κ2) is 7.54. The van der Waals surface area contributed by atoms with Crippen LogP contribution in [0.2, 0.25) is 0 Å². The molecule has 1 aliphatic rings. The largest absolute Gasteiger partial charge is 0.508 e. The smallest absolute Gasteiger partial charge is 0.347 e. The molecule has 150 valence electrons. The minimum atomic E-state index is -0.331. The van der Waals surface area contributed by atoms with Crippen molar-refractivity contribution in [1.29, 1.82) is 0 Å². The maximum absolute atomic E-state index is 12.9. The van der Waals surface area contributed by atoms with Crippen molar-refractivity contribution in [2.24, 2.45) is 0 Å². The number of aromatic nitrogens is 4. The SMILES string of the molecule is Cc1cc(C)n(CCC(=O)N2Cc3[nH]cnc3C(c3cccc(O)c3)C2)c(=O)n1. The van der Waals surface area contributed by atoms with Crippen molar-refractivity contribution < 1.29 is 9.90 Å². The number of nitrogens with one attached hydrogen (secondary N) is 1. The van der Waals surface area contributed by atoms with Gasteiger partial charge in [-0.15, -0.1) is 0 Å². The number of amides is 1. The number of phenols is 1. The number of nitrogens with zero attached hydrogens (tertiary/aromatic N) is 4. The molecule has 0 aliphatic carbocycles. The van der Waals surface area contributed by atoms with Crippen LogP contribution in [0.15, 0.2) is 41.5 Å². The minimum absolute atomic E-state index is 0.0396. The van der Waals surface area contributed by atoms with Crippen molar-refractivity contribution in [3.63, 3.8) is 0 Å². The molecule has 1 unspecified atom stereocenters. The van der Waals surface area contributed by atoms with Crippen LogP contribution >= 0.6 is 0 Å². The van der Waals surface area contributed by atoms with Gasteiger partial charge in [-0.3, -0.25) is 9.36 Å². The molecule has 0 radical (unpaired) electrons. The first-order valence-electron chi connectivity index (χ1n) is 9.56. The molecule has 0 saturated heterocycles. The van der Waals surface area contributed by atoms with E-state index in [9.17, 15) is 14.7 Å². The summed E-state index contributed by atoms with van der Waals surface area (Å²) in [6, 6.07) is 8.88. The number of imidazole rings is 1. The van der Waals surface area contributed by atoms with Crippen molar-refractivity contribution in [3.8, 4) is 5.75 Å². The predicted molar refractivity (Wildman–Crippen MR) is 107 cm³/mol. The number of H-pyrrole nitrogens is 1. The summed E-state index contributed by atoms with van der Waals surface area (Å²) in [4.78, 5) is 38.4. The van der Waals surface area contributed by atoms with Crippen LogP contribution in [0.25, 0.3) is 0 Å². The van der Waals surface area contributed by atoms with Gasteiger partial charge in [0, 0.05) is 36.8 Å². The number of aryl methyl sites for hydroxylation is 2. The summed E-state index contributed by atoms with van der Waals surface area (Å²) in [6.07, 6.45) is 1.84. The van der Waals surface area contributed by atoms with Crippen LogP contribution in [0, 0.1) is 13.8 Å². The number of carbonyl (C=O) groups excluding carboxylic acids is 1. The second-order valence-corrected chi connectivity index (χ2v) is 7.41. The summed E-state index contributed by atoms with van der Waals surface area (Å²) in [5.74, 6) is 0.0265. The average Bonchev–Trinajstić information content (AvgIpc) is 3.14. The minimum Gasteiger partial charge on any atom is -0.508 e. The van der Waals surface area contributed by atoms with E-state index in [0.717, 1.165) is 22.6 Å². The van der Waals surface area contributed by atoms with Gasteiger partial charge in [-0.2, -0.15) is 4.98 Å². The maximum atomic E-state index is 12.9. The first kappa shape index (κ1) is 18.9. The standard InChI is InChI=1S/C21H23N5O3/c1-13-8-14(2)26(21(29)24-13)7-6-19(28)25-10-17(15-4-3-5-16(27)9-15)20-18(11-25)22-12-23-20/h3-5,8-9,12,17,27H,6-7,10-11H2,1-2H3,(H,22,23). The molecule has 29 heavy (non-hydrogen) atoms. The van der Waals surface area contributed by atoms with E-state index in [1.54, 1.807) is 36.4 Å². The molecule has 1 aromatic carbocycles.